The molecule has 0 aromatic carbocycles. The van der Waals surface area contributed by atoms with E-state index >= 15 is 0 Å². The highest BCUT2D eigenvalue weighted by molar-refractivity contribution is 6.73. The summed E-state index contributed by atoms with van der Waals surface area (Å²) in [5.74, 6) is 0. The van der Waals surface area contributed by atoms with Crippen molar-refractivity contribution in [3.63, 3.8) is 0 Å². The van der Waals surface area contributed by atoms with E-state index in [4.69, 9.17) is 4.43 Å². The SMILES string of the molecule is CC[Si](CC)(CC)OC1CC1. The van der Waals surface area contributed by atoms with Crippen molar-refractivity contribution in [1.82, 2.24) is 0 Å². The van der Waals surface area contributed by atoms with E-state index < -0.39 is 8.32 Å². The topological polar surface area (TPSA) is 9.23 Å². The van der Waals surface area contributed by atoms with Crippen molar-refractivity contribution in [2.75, 3.05) is 0 Å². The van der Waals surface area contributed by atoms with E-state index in [0.29, 0.717) is 6.10 Å². The van der Waals surface area contributed by atoms with Crippen molar-refractivity contribution in [3.8, 4) is 0 Å². The molecule has 0 aliphatic heterocycles. The van der Waals surface area contributed by atoms with Crippen LogP contribution in [0.3, 0.4) is 0 Å². The molecule has 2 heteroatoms. The van der Waals surface area contributed by atoms with E-state index in [1.807, 2.05) is 0 Å². The van der Waals surface area contributed by atoms with E-state index in [2.05, 4.69) is 20.8 Å². The first kappa shape index (κ1) is 9.27. The molecular formula is C9H20OSi. The van der Waals surface area contributed by atoms with Crippen molar-refractivity contribution >= 4 is 8.32 Å². The minimum atomic E-state index is -1.22. The summed E-state index contributed by atoms with van der Waals surface area (Å²) in [4.78, 5) is 0. The van der Waals surface area contributed by atoms with Crippen LogP contribution in [-0.2, 0) is 4.43 Å². The molecule has 0 N–H and O–H groups in total. The van der Waals surface area contributed by atoms with Crippen LogP contribution in [0, 0.1) is 0 Å². The molecule has 0 aromatic heterocycles. The summed E-state index contributed by atoms with van der Waals surface area (Å²) in [6, 6.07) is 3.91. The fraction of sp³-hybridized carbons (Fsp3) is 1.00. The quantitative estimate of drug-likeness (QED) is 0.579. The molecule has 1 aliphatic carbocycles. The Labute approximate surface area is 71.3 Å². The average Bonchev–Trinajstić information content (AvgIpc) is 2.84. The first-order valence-corrected chi connectivity index (χ1v) is 7.47. The van der Waals surface area contributed by atoms with Crippen molar-refractivity contribution in [1.29, 1.82) is 0 Å². The number of hydrogen-bond donors (Lipinski definition) is 0. The molecule has 1 fully saturated rings. The summed E-state index contributed by atoms with van der Waals surface area (Å²) in [6.07, 6.45) is 3.32. The van der Waals surface area contributed by atoms with Gasteiger partial charge in [-0.1, -0.05) is 20.8 Å². The Hall–Kier alpha value is 0.177. The third-order valence-electron chi connectivity index (χ3n) is 2.87. The molecule has 0 saturated heterocycles. The molecule has 0 radical (unpaired) electrons. The van der Waals surface area contributed by atoms with Gasteiger partial charge in [-0.15, -0.1) is 0 Å². The van der Waals surface area contributed by atoms with Gasteiger partial charge in [0.1, 0.15) is 0 Å². The second-order valence-corrected chi connectivity index (χ2v) is 8.28. The highest BCUT2D eigenvalue weighted by atomic mass is 28.4. The van der Waals surface area contributed by atoms with Crippen LogP contribution >= 0.6 is 0 Å². The van der Waals surface area contributed by atoms with E-state index in [0.717, 1.165) is 0 Å². The zero-order valence-corrected chi connectivity index (χ0v) is 9.02. The fourth-order valence-electron chi connectivity index (χ4n) is 1.54. The second-order valence-electron chi connectivity index (χ2n) is 3.56. The Kier molecular flexibility index (Phi) is 3.13. The first-order valence-electron chi connectivity index (χ1n) is 4.94. The summed E-state index contributed by atoms with van der Waals surface area (Å²) in [7, 11) is -1.22. The standard InChI is InChI=1S/C9H20OSi/c1-4-11(5-2,6-3)10-9-7-8-9/h9H,4-8H2,1-3H3. The van der Waals surface area contributed by atoms with Gasteiger partial charge in [0.25, 0.3) is 0 Å². The Balaban J connectivity index is 2.39. The molecule has 0 bridgehead atoms. The lowest BCUT2D eigenvalue weighted by atomic mass is 10.9. The zero-order chi connectivity index (χ0) is 8.32. The molecule has 0 atom stereocenters. The molecule has 1 aliphatic rings. The lowest BCUT2D eigenvalue weighted by molar-refractivity contribution is 0.284. The molecule has 0 aromatic rings. The molecular weight excluding hydrogens is 152 g/mol. The summed E-state index contributed by atoms with van der Waals surface area (Å²) in [6.45, 7) is 6.88. The van der Waals surface area contributed by atoms with Gasteiger partial charge >= 0.3 is 0 Å². The minimum Gasteiger partial charge on any atom is -0.414 e. The van der Waals surface area contributed by atoms with Gasteiger partial charge < -0.3 is 4.43 Å². The summed E-state index contributed by atoms with van der Waals surface area (Å²) < 4.78 is 6.14. The Morgan fingerprint density at radius 3 is 1.82 bits per heavy atom. The van der Waals surface area contributed by atoms with Crippen LogP contribution < -0.4 is 0 Å². The molecule has 0 heterocycles. The molecule has 1 nitrogen and oxygen atoms in total. The molecule has 66 valence electrons. The average molecular weight is 172 g/mol. The van der Waals surface area contributed by atoms with Gasteiger partial charge in [-0.3, -0.25) is 0 Å². The number of hydrogen-bond acceptors (Lipinski definition) is 1. The van der Waals surface area contributed by atoms with Crippen LogP contribution in [-0.4, -0.2) is 14.4 Å². The first-order chi connectivity index (χ1) is 5.26. The third-order valence-corrected chi connectivity index (χ3v) is 7.57. The lowest BCUT2D eigenvalue weighted by Crippen LogP contribution is -2.36. The molecule has 1 saturated carbocycles. The van der Waals surface area contributed by atoms with Crippen LogP contribution in [0.15, 0.2) is 0 Å². The van der Waals surface area contributed by atoms with Crippen LogP contribution in [0.2, 0.25) is 18.1 Å². The third kappa shape index (κ3) is 2.31. The largest absolute Gasteiger partial charge is 0.414 e. The van der Waals surface area contributed by atoms with Crippen molar-refractivity contribution in [2.45, 2.75) is 57.8 Å². The summed E-state index contributed by atoms with van der Waals surface area (Å²) >= 11 is 0. The highest BCUT2D eigenvalue weighted by Gasteiger charge is 2.35. The summed E-state index contributed by atoms with van der Waals surface area (Å²) in [5.41, 5.74) is 0. The molecule has 1 rings (SSSR count). The second kappa shape index (κ2) is 3.72. The minimum absolute atomic E-state index is 0.668. The lowest BCUT2D eigenvalue weighted by Gasteiger charge is -2.27. The Bertz CT molecular complexity index is 108. The van der Waals surface area contributed by atoms with Gasteiger partial charge in [0.2, 0.25) is 0 Å². The molecule has 0 amide bonds. The Morgan fingerprint density at radius 2 is 1.55 bits per heavy atom. The van der Waals surface area contributed by atoms with E-state index in [-0.39, 0.29) is 0 Å². The van der Waals surface area contributed by atoms with Crippen molar-refractivity contribution in [3.05, 3.63) is 0 Å². The van der Waals surface area contributed by atoms with Gasteiger partial charge in [0.15, 0.2) is 8.32 Å². The molecule has 0 unspecified atom stereocenters. The number of rotatable bonds is 5. The van der Waals surface area contributed by atoms with Gasteiger partial charge in [0.05, 0.1) is 0 Å². The summed E-state index contributed by atoms with van der Waals surface area (Å²) in [5, 5.41) is 0. The van der Waals surface area contributed by atoms with Crippen LogP contribution in [0.5, 0.6) is 0 Å². The van der Waals surface area contributed by atoms with E-state index in [9.17, 15) is 0 Å². The Morgan fingerprint density at radius 1 is 1.09 bits per heavy atom. The molecule has 0 spiro atoms. The maximum Gasteiger partial charge on any atom is 0.192 e. The van der Waals surface area contributed by atoms with Gasteiger partial charge in [-0.05, 0) is 31.0 Å². The van der Waals surface area contributed by atoms with Gasteiger partial charge in [-0.2, -0.15) is 0 Å². The van der Waals surface area contributed by atoms with E-state index in [1.165, 1.54) is 31.0 Å². The van der Waals surface area contributed by atoms with Gasteiger partial charge in [-0.25, -0.2) is 0 Å². The predicted molar refractivity (Wildman–Crippen MR) is 51.3 cm³/mol. The normalized spacial score (nSPS) is 18.8. The van der Waals surface area contributed by atoms with Crippen LogP contribution in [0.1, 0.15) is 33.6 Å². The monoisotopic (exact) mass is 172 g/mol. The van der Waals surface area contributed by atoms with Gasteiger partial charge in [0, 0.05) is 6.10 Å². The van der Waals surface area contributed by atoms with E-state index in [1.54, 1.807) is 0 Å². The fourth-order valence-corrected chi connectivity index (χ4v) is 4.48. The maximum absolute atomic E-state index is 6.14. The smallest absolute Gasteiger partial charge is 0.192 e. The maximum atomic E-state index is 6.14. The zero-order valence-electron chi connectivity index (χ0n) is 8.02. The van der Waals surface area contributed by atoms with Crippen molar-refractivity contribution < 1.29 is 4.43 Å². The van der Waals surface area contributed by atoms with Crippen LogP contribution in [0.4, 0.5) is 0 Å². The van der Waals surface area contributed by atoms with Crippen LogP contribution in [0.25, 0.3) is 0 Å². The predicted octanol–water partition coefficient (Wildman–Crippen LogP) is 3.17. The molecule has 11 heavy (non-hydrogen) atoms. The highest BCUT2D eigenvalue weighted by Crippen LogP contribution is 2.32. The van der Waals surface area contributed by atoms with Crippen molar-refractivity contribution in [2.24, 2.45) is 0 Å².